The van der Waals surface area contributed by atoms with Crippen LogP contribution in [-0.4, -0.2) is 61.9 Å². The van der Waals surface area contributed by atoms with E-state index in [-0.39, 0.29) is 32.9 Å². The molecule has 0 aromatic carbocycles. The molecule has 2 heterocycles. The second-order valence-corrected chi connectivity index (χ2v) is 5.99. The van der Waals surface area contributed by atoms with Gasteiger partial charge in [0, 0.05) is 14.1 Å². The standard InChI is InChI=1S/C18H18F4N4O4/c1-25(13-7-5-11(29-3)9-23-13)15(27)17(19,20)18(21,22)16(28)26(2)14-8-6-12(30-4)10-24-14/h5-10H,1-4H3. The highest BCUT2D eigenvalue weighted by molar-refractivity contribution is 6.06. The minimum atomic E-state index is -5.36. The molecule has 162 valence electrons. The van der Waals surface area contributed by atoms with E-state index in [9.17, 15) is 27.2 Å². The van der Waals surface area contributed by atoms with Gasteiger partial charge in [-0.3, -0.25) is 19.4 Å². The first-order valence-corrected chi connectivity index (χ1v) is 8.29. The Hall–Kier alpha value is -3.44. The van der Waals surface area contributed by atoms with Crippen molar-refractivity contribution in [3.8, 4) is 11.5 Å². The first-order chi connectivity index (χ1) is 14.0. The van der Waals surface area contributed by atoms with Gasteiger partial charge in [0.15, 0.2) is 0 Å². The molecule has 0 fully saturated rings. The lowest BCUT2D eigenvalue weighted by Gasteiger charge is -2.30. The smallest absolute Gasteiger partial charge is 0.396 e. The molecule has 2 aromatic rings. The highest BCUT2D eigenvalue weighted by Crippen LogP contribution is 2.38. The normalized spacial score (nSPS) is 11.6. The Balaban J connectivity index is 2.27. The summed E-state index contributed by atoms with van der Waals surface area (Å²) in [6.07, 6.45) is 2.23. The molecular formula is C18H18F4N4O4. The Morgan fingerprint density at radius 3 is 1.33 bits per heavy atom. The number of hydrogen-bond acceptors (Lipinski definition) is 6. The van der Waals surface area contributed by atoms with E-state index >= 15 is 0 Å². The number of alkyl halides is 4. The summed E-state index contributed by atoms with van der Waals surface area (Å²) in [5.74, 6) is -15.5. The van der Waals surface area contributed by atoms with Crippen LogP contribution in [0.4, 0.5) is 29.2 Å². The molecule has 0 atom stereocenters. The maximum Gasteiger partial charge on any atom is 0.396 e. The maximum atomic E-state index is 14.4. The van der Waals surface area contributed by atoms with Crippen LogP contribution in [0.3, 0.4) is 0 Å². The summed E-state index contributed by atoms with van der Waals surface area (Å²) >= 11 is 0. The average molecular weight is 430 g/mol. The number of halogens is 4. The summed E-state index contributed by atoms with van der Waals surface area (Å²) in [4.78, 5) is 32.1. The predicted molar refractivity (Wildman–Crippen MR) is 98.3 cm³/mol. The van der Waals surface area contributed by atoms with Crippen LogP contribution in [0, 0.1) is 0 Å². The molecule has 0 aliphatic carbocycles. The van der Waals surface area contributed by atoms with E-state index in [2.05, 4.69) is 9.97 Å². The number of carbonyl (C=O) groups is 2. The van der Waals surface area contributed by atoms with Gasteiger partial charge in [0.1, 0.15) is 23.1 Å². The van der Waals surface area contributed by atoms with Crippen LogP contribution < -0.4 is 19.3 Å². The predicted octanol–water partition coefficient (Wildman–Crippen LogP) is 2.39. The van der Waals surface area contributed by atoms with Crippen LogP contribution >= 0.6 is 0 Å². The SMILES string of the molecule is COc1ccc(N(C)C(=O)C(F)(F)C(F)(F)C(=O)N(C)c2ccc(OC)cn2)nc1. The van der Waals surface area contributed by atoms with Gasteiger partial charge in [-0.2, -0.15) is 17.6 Å². The molecule has 0 aliphatic heterocycles. The fourth-order valence-corrected chi connectivity index (χ4v) is 2.28. The Bertz CT molecular complexity index is 832. The number of ether oxygens (including phenoxy) is 2. The number of amides is 2. The number of nitrogens with zero attached hydrogens (tertiary/aromatic N) is 4. The second kappa shape index (κ2) is 8.51. The van der Waals surface area contributed by atoms with E-state index in [0.717, 1.165) is 38.6 Å². The van der Waals surface area contributed by atoms with Crippen molar-refractivity contribution in [2.24, 2.45) is 0 Å². The van der Waals surface area contributed by atoms with Crippen LogP contribution in [0.25, 0.3) is 0 Å². The number of anilines is 2. The third-order valence-electron chi connectivity index (χ3n) is 4.14. The lowest BCUT2D eigenvalue weighted by molar-refractivity contribution is -0.207. The van der Waals surface area contributed by atoms with Gasteiger partial charge in [-0.15, -0.1) is 0 Å². The number of pyridine rings is 2. The van der Waals surface area contributed by atoms with Crippen molar-refractivity contribution < 1.29 is 36.6 Å². The minimum Gasteiger partial charge on any atom is -0.495 e. The Kier molecular flexibility index (Phi) is 6.48. The second-order valence-electron chi connectivity index (χ2n) is 5.99. The van der Waals surface area contributed by atoms with E-state index in [4.69, 9.17) is 9.47 Å². The molecule has 0 spiro atoms. The van der Waals surface area contributed by atoms with Crippen LogP contribution in [0.1, 0.15) is 0 Å². The molecule has 8 nitrogen and oxygen atoms in total. The minimum absolute atomic E-state index is 0.228. The molecule has 0 N–H and O–H groups in total. The summed E-state index contributed by atoms with van der Waals surface area (Å²) in [7, 11) is 4.33. The number of rotatable bonds is 7. The van der Waals surface area contributed by atoms with Crippen molar-refractivity contribution in [3.05, 3.63) is 36.7 Å². The topological polar surface area (TPSA) is 84.9 Å². The summed E-state index contributed by atoms with van der Waals surface area (Å²) < 4.78 is 67.5. The number of methoxy groups -OCH3 is 2. The van der Waals surface area contributed by atoms with Crippen molar-refractivity contribution >= 4 is 23.5 Å². The van der Waals surface area contributed by atoms with Crippen molar-refractivity contribution in [2.75, 3.05) is 38.1 Å². The third kappa shape index (κ3) is 4.11. The van der Waals surface area contributed by atoms with Crippen LogP contribution in [0.2, 0.25) is 0 Å². The highest BCUT2D eigenvalue weighted by atomic mass is 19.3. The van der Waals surface area contributed by atoms with Gasteiger partial charge in [-0.05, 0) is 24.3 Å². The lowest BCUT2D eigenvalue weighted by Crippen LogP contribution is -2.60. The molecule has 2 rings (SSSR count). The molecule has 0 saturated heterocycles. The average Bonchev–Trinajstić information content (AvgIpc) is 2.76. The van der Waals surface area contributed by atoms with E-state index < -0.39 is 23.7 Å². The van der Waals surface area contributed by atoms with Gasteiger partial charge in [-0.25, -0.2) is 9.97 Å². The quantitative estimate of drug-likeness (QED) is 0.628. The largest absolute Gasteiger partial charge is 0.495 e. The third-order valence-corrected chi connectivity index (χ3v) is 4.14. The number of carbonyl (C=O) groups excluding carboxylic acids is 2. The van der Waals surface area contributed by atoms with Gasteiger partial charge >= 0.3 is 23.7 Å². The Labute approximate surface area is 169 Å². The Morgan fingerprint density at radius 1 is 0.767 bits per heavy atom. The van der Waals surface area contributed by atoms with Crippen LogP contribution in [0.5, 0.6) is 11.5 Å². The zero-order valence-corrected chi connectivity index (χ0v) is 16.4. The molecule has 0 radical (unpaired) electrons. The van der Waals surface area contributed by atoms with Crippen molar-refractivity contribution in [1.29, 1.82) is 0 Å². The highest BCUT2D eigenvalue weighted by Gasteiger charge is 2.68. The lowest BCUT2D eigenvalue weighted by atomic mass is 10.1. The summed E-state index contributed by atoms with van der Waals surface area (Å²) in [5, 5.41) is 0. The molecule has 2 aromatic heterocycles. The van der Waals surface area contributed by atoms with Gasteiger partial charge in [0.25, 0.3) is 0 Å². The fourth-order valence-electron chi connectivity index (χ4n) is 2.28. The summed E-state index contributed by atoms with van der Waals surface area (Å²) in [5.41, 5.74) is 0. The maximum absolute atomic E-state index is 14.4. The van der Waals surface area contributed by atoms with Gasteiger partial charge < -0.3 is 9.47 Å². The molecule has 0 bridgehead atoms. The van der Waals surface area contributed by atoms with Crippen LogP contribution in [0.15, 0.2) is 36.7 Å². The molecule has 12 heteroatoms. The van der Waals surface area contributed by atoms with E-state index in [0.29, 0.717) is 0 Å². The molecule has 0 unspecified atom stereocenters. The Morgan fingerprint density at radius 2 is 1.10 bits per heavy atom. The molecular weight excluding hydrogens is 412 g/mol. The zero-order chi connectivity index (χ0) is 22.7. The van der Waals surface area contributed by atoms with Gasteiger partial charge in [-0.1, -0.05) is 0 Å². The molecule has 2 amide bonds. The first kappa shape index (κ1) is 22.8. The van der Waals surface area contributed by atoms with Crippen molar-refractivity contribution in [1.82, 2.24) is 9.97 Å². The first-order valence-electron chi connectivity index (χ1n) is 8.29. The van der Waals surface area contributed by atoms with E-state index in [1.54, 1.807) is 0 Å². The van der Waals surface area contributed by atoms with Gasteiger partial charge in [0.05, 0.1) is 26.6 Å². The molecule has 30 heavy (non-hydrogen) atoms. The zero-order valence-electron chi connectivity index (χ0n) is 16.4. The van der Waals surface area contributed by atoms with E-state index in [1.165, 1.54) is 26.4 Å². The number of aromatic nitrogens is 2. The van der Waals surface area contributed by atoms with Crippen LogP contribution in [-0.2, 0) is 9.59 Å². The number of hydrogen-bond donors (Lipinski definition) is 0. The van der Waals surface area contributed by atoms with E-state index in [1.807, 2.05) is 0 Å². The molecule has 0 saturated carbocycles. The van der Waals surface area contributed by atoms with Crippen molar-refractivity contribution in [2.45, 2.75) is 11.8 Å². The summed E-state index contributed by atoms with van der Waals surface area (Å²) in [6.45, 7) is 0. The molecule has 0 aliphatic rings. The fraction of sp³-hybridized carbons (Fsp3) is 0.333. The summed E-state index contributed by atoms with van der Waals surface area (Å²) in [6, 6.07) is 4.85. The monoisotopic (exact) mass is 430 g/mol. The van der Waals surface area contributed by atoms with Crippen molar-refractivity contribution in [3.63, 3.8) is 0 Å². The van der Waals surface area contributed by atoms with Gasteiger partial charge in [0.2, 0.25) is 0 Å².